The molecule has 114 valence electrons. The Morgan fingerprint density at radius 3 is 2.59 bits per heavy atom. The number of carbonyl (C=O) groups excluding carboxylic acids is 1. The Labute approximate surface area is 133 Å². The summed E-state index contributed by atoms with van der Waals surface area (Å²) >= 11 is 5.99. The van der Waals surface area contributed by atoms with Crippen molar-refractivity contribution in [3.05, 3.63) is 58.1 Å². The molecule has 6 heteroatoms. The molecule has 0 aliphatic heterocycles. The minimum atomic E-state index is -0.329. The Balaban J connectivity index is 2.08. The molecular formula is C16H15ClN2O3. The minimum absolute atomic E-state index is 0.104. The van der Waals surface area contributed by atoms with Crippen LogP contribution in [0.25, 0.3) is 0 Å². The van der Waals surface area contributed by atoms with Gasteiger partial charge in [0.1, 0.15) is 0 Å². The summed E-state index contributed by atoms with van der Waals surface area (Å²) in [6, 6.07) is 10.3. The van der Waals surface area contributed by atoms with Crippen molar-refractivity contribution in [2.24, 2.45) is 5.10 Å². The first-order valence-corrected chi connectivity index (χ1v) is 6.86. The normalized spacial score (nSPS) is 10.7. The van der Waals surface area contributed by atoms with Crippen LogP contribution in [0.5, 0.6) is 11.5 Å². The third kappa shape index (κ3) is 3.56. The molecule has 2 aromatic rings. The van der Waals surface area contributed by atoms with E-state index in [2.05, 4.69) is 10.5 Å². The molecule has 0 aliphatic carbocycles. The fourth-order valence-corrected chi connectivity index (χ4v) is 1.96. The number of rotatable bonds is 4. The summed E-state index contributed by atoms with van der Waals surface area (Å²) in [5.41, 5.74) is 4.44. The maximum atomic E-state index is 11.9. The van der Waals surface area contributed by atoms with Crippen molar-refractivity contribution in [3.8, 4) is 11.5 Å². The molecule has 0 unspecified atom stereocenters. The van der Waals surface area contributed by atoms with Crippen LogP contribution in [0.2, 0.25) is 5.02 Å². The second-order valence-electron chi connectivity index (χ2n) is 4.58. The van der Waals surface area contributed by atoms with E-state index in [0.29, 0.717) is 11.1 Å². The van der Waals surface area contributed by atoms with Crippen LogP contribution in [-0.4, -0.2) is 24.3 Å². The lowest BCUT2D eigenvalue weighted by Gasteiger charge is -2.06. The number of aromatic hydroxyl groups is 1. The average Bonchev–Trinajstić information content (AvgIpc) is 2.52. The fraction of sp³-hybridized carbons (Fsp3) is 0.125. The summed E-state index contributed by atoms with van der Waals surface area (Å²) in [6.07, 6.45) is 1.35. The number of halogens is 1. The molecule has 0 fully saturated rings. The van der Waals surface area contributed by atoms with E-state index < -0.39 is 0 Å². The van der Waals surface area contributed by atoms with Crippen LogP contribution in [0.1, 0.15) is 21.5 Å². The highest BCUT2D eigenvalue weighted by molar-refractivity contribution is 6.34. The fourth-order valence-electron chi connectivity index (χ4n) is 1.76. The van der Waals surface area contributed by atoms with Crippen LogP contribution in [-0.2, 0) is 0 Å². The summed E-state index contributed by atoms with van der Waals surface area (Å²) in [5.74, 6) is -0.228. The molecule has 0 aromatic heterocycles. The molecule has 0 spiro atoms. The van der Waals surface area contributed by atoms with Crippen LogP contribution in [0.3, 0.4) is 0 Å². The van der Waals surface area contributed by atoms with E-state index in [1.807, 2.05) is 19.1 Å². The van der Waals surface area contributed by atoms with Gasteiger partial charge in [-0.2, -0.15) is 5.10 Å². The number of nitrogens with one attached hydrogen (secondary N) is 1. The molecule has 2 N–H and O–H groups in total. The molecular weight excluding hydrogens is 304 g/mol. The first kappa shape index (κ1) is 15.9. The van der Waals surface area contributed by atoms with Crippen LogP contribution in [0, 0.1) is 6.92 Å². The van der Waals surface area contributed by atoms with Gasteiger partial charge in [0.2, 0.25) is 0 Å². The number of phenolic OH excluding ortho intramolecular Hbond substituents is 1. The van der Waals surface area contributed by atoms with Gasteiger partial charge in [-0.15, -0.1) is 0 Å². The SMILES string of the molecule is COc1ccc(/C=N\NC(=O)c2ccc(C)cc2)c(Cl)c1O. The lowest BCUT2D eigenvalue weighted by Crippen LogP contribution is -2.17. The van der Waals surface area contributed by atoms with Crippen LogP contribution >= 0.6 is 11.6 Å². The Kier molecular flexibility index (Phi) is 5.01. The van der Waals surface area contributed by atoms with Gasteiger partial charge in [-0.05, 0) is 31.2 Å². The highest BCUT2D eigenvalue weighted by Crippen LogP contribution is 2.35. The largest absolute Gasteiger partial charge is 0.503 e. The molecule has 1 amide bonds. The molecule has 2 rings (SSSR count). The van der Waals surface area contributed by atoms with Gasteiger partial charge < -0.3 is 9.84 Å². The highest BCUT2D eigenvalue weighted by atomic mass is 35.5. The number of nitrogens with zero attached hydrogens (tertiary/aromatic N) is 1. The second-order valence-corrected chi connectivity index (χ2v) is 4.96. The second kappa shape index (κ2) is 6.95. The topological polar surface area (TPSA) is 70.9 Å². The first-order chi connectivity index (χ1) is 10.5. The zero-order valence-corrected chi connectivity index (χ0v) is 12.9. The number of hydrogen-bond acceptors (Lipinski definition) is 4. The van der Waals surface area contributed by atoms with E-state index >= 15 is 0 Å². The Bertz CT molecular complexity index is 712. The van der Waals surface area contributed by atoms with Gasteiger partial charge in [-0.25, -0.2) is 5.43 Å². The highest BCUT2D eigenvalue weighted by Gasteiger charge is 2.10. The summed E-state index contributed by atoms with van der Waals surface area (Å²) < 4.78 is 4.94. The zero-order chi connectivity index (χ0) is 16.1. The van der Waals surface area contributed by atoms with Crippen molar-refractivity contribution in [3.63, 3.8) is 0 Å². The number of phenols is 1. The monoisotopic (exact) mass is 318 g/mol. The summed E-state index contributed by atoms with van der Waals surface area (Å²) in [6.45, 7) is 1.94. The van der Waals surface area contributed by atoms with Gasteiger partial charge in [-0.1, -0.05) is 29.3 Å². The average molecular weight is 319 g/mol. The van der Waals surface area contributed by atoms with Gasteiger partial charge >= 0.3 is 0 Å². The standard InChI is InChI=1S/C16H15ClN2O3/c1-10-3-5-11(6-4-10)16(21)19-18-9-12-7-8-13(22-2)15(20)14(12)17/h3-9,20H,1-2H3,(H,19,21)/b18-9-. The maximum absolute atomic E-state index is 11.9. The predicted octanol–water partition coefficient (Wildman–Crippen LogP) is 3.13. The third-order valence-corrected chi connectivity index (χ3v) is 3.41. The van der Waals surface area contributed by atoms with Crippen molar-refractivity contribution in [2.75, 3.05) is 7.11 Å². The molecule has 0 radical (unpaired) electrons. The van der Waals surface area contributed by atoms with E-state index in [1.54, 1.807) is 24.3 Å². The zero-order valence-electron chi connectivity index (χ0n) is 12.1. The smallest absolute Gasteiger partial charge is 0.271 e. The van der Waals surface area contributed by atoms with Gasteiger partial charge in [0, 0.05) is 11.1 Å². The lowest BCUT2D eigenvalue weighted by molar-refractivity contribution is 0.0955. The van der Waals surface area contributed by atoms with E-state index in [4.69, 9.17) is 16.3 Å². The van der Waals surface area contributed by atoms with Crippen LogP contribution in [0.4, 0.5) is 0 Å². The molecule has 0 heterocycles. The van der Waals surface area contributed by atoms with Crippen LogP contribution < -0.4 is 10.2 Å². The number of amides is 1. The van der Waals surface area contributed by atoms with Crippen molar-refractivity contribution in [2.45, 2.75) is 6.92 Å². The molecule has 5 nitrogen and oxygen atoms in total. The van der Waals surface area contributed by atoms with E-state index in [-0.39, 0.29) is 22.4 Å². The van der Waals surface area contributed by atoms with Crippen molar-refractivity contribution < 1.29 is 14.6 Å². The number of carbonyl (C=O) groups is 1. The molecule has 0 aliphatic rings. The predicted molar refractivity (Wildman–Crippen MR) is 85.9 cm³/mol. The molecule has 0 saturated heterocycles. The van der Waals surface area contributed by atoms with E-state index in [0.717, 1.165) is 5.56 Å². The van der Waals surface area contributed by atoms with Gasteiger partial charge in [0.15, 0.2) is 11.5 Å². The number of ether oxygens (including phenoxy) is 1. The number of benzene rings is 2. The number of aryl methyl sites for hydroxylation is 1. The Morgan fingerprint density at radius 1 is 1.27 bits per heavy atom. The minimum Gasteiger partial charge on any atom is -0.503 e. The van der Waals surface area contributed by atoms with Crippen molar-refractivity contribution >= 4 is 23.7 Å². The number of methoxy groups -OCH3 is 1. The first-order valence-electron chi connectivity index (χ1n) is 6.48. The summed E-state index contributed by atoms with van der Waals surface area (Å²) in [5, 5.41) is 13.7. The van der Waals surface area contributed by atoms with Crippen molar-refractivity contribution in [1.29, 1.82) is 0 Å². The summed E-state index contributed by atoms with van der Waals surface area (Å²) in [4.78, 5) is 11.9. The Hall–Kier alpha value is -2.53. The molecule has 2 aromatic carbocycles. The number of hydrogen-bond donors (Lipinski definition) is 2. The molecule has 0 atom stereocenters. The summed E-state index contributed by atoms with van der Waals surface area (Å²) in [7, 11) is 1.43. The van der Waals surface area contributed by atoms with E-state index in [9.17, 15) is 9.90 Å². The third-order valence-electron chi connectivity index (χ3n) is 3.01. The van der Waals surface area contributed by atoms with Crippen LogP contribution in [0.15, 0.2) is 41.5 Å². The molecule has 0 bridgehead atoms. The quantitative estimate of drug-likeness (QED) is 0.672. The van der Waals surface area contributed by atoms with Gasteiger partial charge in [0.05, 0.1) is 18.3 Å². The van der Waals surface area contributed by atoms with E-state index in [1.165, 1.54) is 13.3 Å². The molecule has 0 saturated carbocycles. The van der Waals surface area contributed by atoms with Gasteiger partial charge in [-0.3, -0.25) is 4.79 Å². The molecule has 22 heavy (non-hydrogen) atoms. The number of hydrazone groups is 1. The van der Waals surface area contributed by atoms with Crippen molar-refractivity contribution in [1.82, 2.24) is 5.43 Å². The van der Waals surface area contributed by atoms with Gasteiger partial charge in [0.25, 0.3) is 5.91 Å². The maximum Gasteiger partial charge on any atom is 0.271 e. The Morgan fingerprint density at radius 2 is 1.95 bits per heavy atom. The lowest BCUT2D eigenvalue weighted by atomic mass is 10.1.